The highest BCUT2D eigenvalue weighted by Crippen LogP contribution is 2.44. The van der Waals surface area contributed by atoms with Gasteiger partial charge in [-0.15, -0.1) is 0 Å². The molecule has 1 saturated carbocycles. The molecular weight excluding hydrogens is 376 g/mol. The van der Waals surface area contributed by atoms with Crippen LogP contribution in [-0.2, 0) is 6.54 Å². The topological polar surface area (TPSA) is 71.2 Å². The van der Waals surface area contributed by atoms with E-state index in [0.29, 0.717) is 36.8 Å². The van der Waals surface area contributed by atoms with Crippen LogP contribution in [0.1, 0.15) is 41.6 Å². The van der Waals surface area contributed by atoms with Crippen molar-refractivity contribution < 1.29 is 9.90 Å². The molecule has 0 spiro atoms. The number of piperidine rings is 1. The van der Waals surface area contributed by atoms with E-state index >= 15 is 0 Å². The summed E-state index contributed by atoms with van der Waals surface area (Å²) in [5, 5.41) is 15.8. The molecule has 5 rings (SSSR count). The number of aromatic nitrogens is 3. The molecule has 1 amide bonds. The van der Waals surface area contributed by atoms with Gasteiger partial charge >= 0.3 is 0 Å². The smallest absolute Gasteiger partial charge is 0.257 e. The minimum Gasteiger partial charge on any atom is -0.388 e. The number of pyridine rings is 1. The molecule has 2 aliphatic rings. The van der Waals surface area contributed by atoms with Gasteiger partial charge in [0.05, 0.1) is 17.7 Å². The first-order chi connectivity index (χ1) is 14.6. The van der Waals surface area contributed by atoms with Crippen molar-refractivity contribution >= 4 is 5.91 Å². The normalized spacial score (nSPS) is 21.6. The molecular formula is C24H26N4O2. The number of likely N-dealkylation sites (tertiary alicyclic amines) is 1. The minimum absolute atomic E-state index is 0.0630. The van der Waals surface area contributed by atoms with Gasteiger partial charge in [-0.25, -0.2) is 0 Å². The van der Waals surface area contributed by atoms with E-state index in [1.165, 1.54) is 0 Å². The molecule has 1 aliphatic heterocycles. The molecule has 1 N–H and O–H groups in total. The molecule has 1 unspecified atom stereocenters. The van der Waals surface area contributed by atoms with Crippen LogP contribution in [0.5, 0.6) is 0 Å². The number of β-amino-alcohol motifs (C(OH)–C–C–N with tert-alkyl or cyclic N) is 1. The van der Waals surface area contributed by atoms with Gasteiger partial charge in [0, 0.05) is 37.2 Å². The molecule has 1 aliphatic carbocycles. The third-order valence-electron chi connectivity index (χ3n) is 6.24. The van der Waals surface area contributed by atoms with Crippen LogP contribution in [0.15, 0.2) is 61.1 Å². The fraction of sp³-hybridized carbons (Fsp3) is 0.375. The Kier molecular flexibility index (Phi) is 4.87. The number of hydrogen-bond donors (Lipinski definition) is 1. The predicted octanol–water partition coefficient (Wildman–Crippen LogP) is 3.37. The number of benzene rings is 1. The number of aliphatic hydroxyl groups is 1. The molecule has 2 fully saturated rings. The maximum absolute atomic E-state index is 13.5. The average molecular weight is 402 g/mol. The van der Waals surface area contributed by atoms with Crippen molar-refractivity contribution in [2.45, 2.75) is 37.8 Å². The lowest BCUT2D eigenvalue weighted by molar-refractivity contribution is -0.0407. The molecule has 3 heterocycles. The van der Waals surface area contributed by atoms with Crippen LogP contribution in [0.4, 0.5) is 0 Å². The summed E-state index contributed by atoms with van der Waals surface area (Å²) in [4.78, 5) is 19.6. The number of nitrogens with zero attached hydrogens (tertiary/aromatic N) is 4. The maximum Gasteiger partial charge on any atom is 0.257 e. The molecule has 6 nitrogen and oxygen atoms in total. The summed E-state index contributed by atoms with van der Waals surface area (Å²) in [6.45, 7) is 1.67. The predicted molar refractivity (Wildman–Crippen MR) is 114 cm³/mol. The monoisotopic (exact) mass is 402 g/mol. The Hall–Kier alpha value is -2.99. The molecule has 2 aromatic heterocycles. The first-order valence-electron chi connectivity index (χ1n) is 10.7. The molecule has 3 aromatic rings. The number of carbonyl (C=O) groups excluding carboxylic acids is 1. The lowest BCUT2D eigenvalue weighted by Gasteiger charge is -2.39. The molecule has 1 aromatic carbocycles. The van der Waals surface area contributed by atoms with Gasteiger partial charge in [0.25, 0.3) is 5.91 Å². The highest BCUT2D eigenvalue weighted by Gasteiger charge is 2.47. The molecule has 1 atom stereocenters. The summed E-state index contributed by atoms with van der Waals surface area (Å²) in [5.41, 5.74) is 2.42. The van der Waals surface area contributed by atoms with Gasteiger partial charge in [-0.2, -0.15) is 5.10 Å². The van der Waals surface area contributed by atoms with E-state index in [1.807, 2.05) is 58.2 Å². The lowest BCUT2D eigenvalue weighted by Crippen LogP contribution is -2.51. The zero-order valence-corrected chi connectivity index (χ0v) is 16.9. The Labute approximate surface area is 176 Å². The Bertz CT molecular complexity index is 1030. The minimum atomic E-state index is -0.734. The van der Waals surface area contributed by atoms with Crippen LogP contribution in [0.2, 0.25) is 0 Å². The van der Waals surface area contributed by atoms with Gasteiger partial charge in [0.15, 0.2) is 0 Å². The van der Waals surface area contributed by atoms with Crippen molar-refractivity contribution in [1.29, 1.82) is 0 Å². The summed E-state index contributed by atoms with van der Waals surface area (Å²) in [6.07, 6.45) is 9.03. The largest absolute Gasteiger partial charge is 0.388 e. The van der Waals surface area contributed by atoms with Crippen molar-refractivity contribution in [3.05, 3.63) is 72.2 Å². The lowest BCUT2D eigenvalue weighted by atomic mass is 9.88. The van der Waals surface area contributed by atoms with E-state index in [4.69, 9.17) is 5.10 Å². The van der Waals surface area contributed by atoms with Crippen LogP contribution in [-0.4, -0.2) is 49.4 Å². The van der Waals surface area contributed by atoms with E-state index in [0.717, 1.165) is 36.8 Å². The van der Waals surface area contributed by atoms with Crippen molar-refractivity contribution in [2.75, 3.05) is 13.1 Å². The van der Waals surface area contributed by atoms with Crippen molar-refractivity contribution in [2.24, 2.45) is 5.92 Å². The fourth-order valence-electron chi connectivity index (χ4n) is 4.51. The van der Waals surface area contributed by atoms with Crippen molar-refractivity contribution in [3.8, 4) is 11.3 Å². The number of carbonyl (C=O) groups is 1. The molecule has 0 radical (unpaired) electrons. The summed E-state index contributed by atoms with van der Waals surface area (Å²) in [7, 11) is 0. The third kappa shape index (κ3) is 3.75. The maximum atomic E-state index is 13.5. The van der Waals surface area contributed by atoms with Gasteiger partial charge in [0.1, 0.15) is 5.69 Å². The second-order valence-corrected chi connectivity index (χ2v) is 8.52. The number of amides is 1. The van der Waals surface area contributed by atoms with Crippen LogP contribution < -0.4 is 0 Å². The number of rotatable bonds is 5. The van der Waals surface area contributed by atoms with Crippen LogP contribution in [0.25, 0.3) is 11.3 Å². The third-order valence-corrected chi connectivity index (χ3v) is 6.24. The van der Waals surface area contributed by atoms with E-state index in [1.54, 1.807) is 12.4 Å². The Morgan fingerprint density at radius 1 is 1.17 bits per heavy atom. The summed E-state index contributed by atoms with van der Waals surface area (Å²) < 4.78 is 1.82. The second kappa shape index (κ2) is 7.69. The van der Waals surface area contributed by atoms with E-state index in [9.17, 15) is 9.90 Å². The van der Waals surface area contributed by atoms with Gasteiger partial charge in [-0.05, 0) is 49.3 Å². The molecule has 0 bridgehead atoms. The van der Waals surface area contributed by atoms with E-state index in [-0.39, 0.29) is 5.91 Å². The Morgan fingerprint density at radius 2 is 2.00 bits per heavy atom. The molecule has 154 valence electrons. The number of hydrogen-bond acceptors (Lipinski definition) is 4. The molecule has 1 saturated heterocycles. The summed E-state index contributed by atoms with van der Waals surface area (Å²) >= 11 is 0. The summed E-state index contributed by atoms with van der Waals surface area (Å²) in [5.74, 6) is 0.277. The van der Waals surface area contributed by atoms with Gasteiger partial charge in [-0.3, -0.25) is 14.5 Å². The van der Waals surface area contributed by atoms with Gasteiger partial charge in [0.2, 0.25) is 0 Å². The first kappa shape index (κ1) is 19.0. The second-order valence-electron chi connectivity index (χ2n) is 8.52. The van der Waals surface area contributed by atoms with Crippen LogP contribution in [0, 0.1) is 5.92 Å². The van der Waals surface area contributed by atoms with Crippen molar-refractivity contribution in [1.82, 2.24) is 19.7 Å². The Morgan fingerprint density at radius 3 is 2.73 bits per heavy atom. The van der Waals surface area contributed by atoms with Gasteiger partial charge < -0.3 is 10.0 Å². The fourth-order valence-corrected chi connectivity index (χ4v) is 4.51. The average Bonchev–Trinajstić information content (AvgIpc) is 3.56. The first-order valence-corrected chi connectivity index (χ1v) is 10.7. The zero-order chi connectivity index (χ0) is 20.6. The standard InChI is InChI=1S/C24H26N4O2/c29-23(27-13-5-11-24(30,17-27)20-9-10-20)21-16-28(15-18-6-2-1-3-7-18)26-22(21)19-8-4-12-25-14-19/h1-4,6-8,12,14,16,20,30H,5,9-11,13,15,17H2. The Balaban J connectivity index is 1.47. The van der Waals surface area contributed by atoms with E-state index in [2.05, 4.69) is 4.98 Å². The van der Waals surface area contributed by atoms with Crippen molar-refractivity contribution in [3.63, 3.8) is 0 Å². The van der Waals surface area contributed by atoms with Crippen LogP contribution in [0.3, 0.4) is 0 Å². The highest BCUT2D eigenvalue weighted by atomic mass is 16.3. The quantitative estimate of drug-likeness (QED) is 0.710. The molecule has 30 heavy (non-hydrogen) atoms. The van der Waals surface area contributed by atoms with Gasteiger partial charge in [-0.1, -0.05) is 30.3 Å². The SMILES string of the molecule is O=C(c1cn(Cc2ccccc2)nc1-c1cccnc1)N1CCCC(O)(C2CC2)C1. The zero-order valence-electron chi connectivity index (χ0n) is 16.9. The van der Waals surface area contributed by atoms with Crippen LogP contribution >= 0.6 is 0 Å². The van der Waals surface area contributed by atoms with E-state index < -0.39 is 5.60 Å². The molecule has 6 heteroatoms. The highest BCUT2D eigenvalue weighted by molar-refractivity contribution is 5.99. The summed E-state index contributed by atoms with van der Waals surface area (Å²) in [6, 6.07) is 13.9.